The molecule has 0 amide bonds. The molecule has 0 rings (SSSR count). The highest BCUT2D eigenvalue weighted by Gasteiger charge is 2.19. The minimum Gasteiger partial charge on any atom is -0.756 e. The van der Waals surface area contributed by atoms with E-state index in [0.29, 0.717) is 36.9 Å². The summed E-state index contributed by atoms with van der Waals surface area (Å²) in [5, 5.41) is 0. The zero-order valence-electron chi connectivity index (χ0n) is 26.9. The quantitative estimate of drug-likeness (QED) is 0.0658. The first kappa shape index (κ1) is 27.5. The van der Waals surface area contributed by atoms with Crippen molar-refractivity contribution in [2.45, 2.75) is 110 Å². The number of hydrogen-bond donors (Lipinski definition) is 0. The lowest BCUT2D eigenvalue weighted by atomic mass is 10.0. The van der Waals surface area contributed by atoms with Crippen molar-refractivity contribution in [2.24, 2.45) is 0 Å². The van der Waals surface area contributed by atoms with Crippen molar-refractivity contribution in [3.8, 4) is 0 Å². The molecule has 0 saturated carbocycles. The van der Waals surface area contributed by atoms with Crippen LogP contribution in [0.4, 0.5) is 0 Å². The second-order valence-corrected chi connectivity index (χ2v) is 11.3. The lowest BCUT2D eigenvalue weighted by Gasteiger charge is -2.28. The molecule has 35 heavy (non-hydrogen) atoms. The molecule has 1 unspecified atom stereocenters. The number of carbonyl (C=O) groups is 1. The lowest BCUT2D eigenvalue weighted by molar-refractivity contribution is -0.870. The first-order chi connectivity index (χ1) is 18.0. The third-order valence-electron chi connectivity index (χ3n) is 5.19. The number of ether oxygens (including phenoxy) is 2. The monoisotopic (exact) mass is 527 g/mol. The van der Waals surface area contributed by atoms with Crippen LogP contribution < -0.4 is 4.89 Å². The second kappa shape index (κ2) is 21.6. The van der Waals surface area contributed by atoms with Crippen molar-refractivity contribution < 1.29 is 42.7 Å². The Labute approximate surface area is 220 Å². The third-order valence-corrected chi connectivity index (χ3v) is 6.15. The fourth-order valence-electron chi connectivity index (χ4n) is 3.15. The van der Waals surface area contributed by atoms with Gasteiger partial charge in [0.1, 0.15) is 19.3 Å². The van der Waals surface area contributed by atoms with Crippen LogP contribution in [0.25, 0.3) is 0 Å². The Bertz CT molecular complexity index is 708. The van der Waals surface area contributed by atoms with Gasteiger partial charge in [0.2, 0.25) is 0 Å². The predicted molar refractivity (Wildman–Crippen MR) is 139 cm³/mol. The minimum atomic E-state index is -4.54. The van der Waals surface area contributed by atoms with Crippen molar-refractivity contribution in [3.05, 3.63) is 0 Å². The summed E-state index contributed by atoms with van der Waals surface area (Å²) in [4.78, 5) is 23.3. The van der Waals surface area contributed by atoms with Crippen molar-refractivity contribution in [3.63, 3.8) is 0 Å². The van der Waals surface area contributed by atoms with Gasteiger partial charge in [-0.1, -0.05) is 90.3 Å². The van der Waals surface area contributed by atoms with E-state index in [1.54, 1.807) is 0 Å². The number of unbranched alkanes of at least 4 members (excludes halogenated alkanes) is 8. The second-order valence-electron chi connectivity index (χ2n) is 9.93. The normalized spacial score (nSPS) is 17.1. The smallest absolute Gasteiger partial charge is 0.303 e. The van der Waals surface area contributed by atoms with Gasteiger partial charge in [-0.2, -0.15) is 0 Å². The molecule has 0 aromatic carbocycles. The molecule has 0 radical (unpaired) electrons. The molecule has 0 fully saturated rings. The standard InChI is InChI=1S/C26H54NO7P/c1-6-7-8-9-10-11-12-13-14-15-16-17-18-19-21-31-23-26(34-25(2)28)24-33-35(29,30)32-22-20-27(3,4)5/h26H,6-24H2,1-5H3/t26-/m1/s1/i13D2,14D2. The molecular formula is C26H54NO7P. The highest BCUT2D eigenvalue weighted by Crippen LogP contribution is 2.38. The summed E-state index contributed by atoms with van der Waals surface area (Å²) in [5.74, 6) is -0.579. The van der Waals surface area contributed by atoms with Crippen LogP contribution >= 0.6 is 7.82 Å². The number of carbonyl (C=O) groups excluding carboxylic acids is 1. The summed E-state index contributed by atoms with van der Waals surface area (Å²) in [6, 6.07) is 0. The van der Waals surface area contributed by atoms with Gasteiger partial charge in [0, 0.05) is 19.0 Å². The molecule has 8 nitrogen and oxygen atoms in total. The Hall–Kier alpha value is -0.500. The Morgan fingerprint density at radius 1 is 0.857 bits per heavy atom. The summed E-state index contributed by atoms with van der Waals surface area (Å²) < 4.78 is 65.7. The molecule has 210 valence electrons. The molecule has 0 aromatic heterocycles. The first-order valence-electron chi connectivity index (χ1n) is 15.2. The molecule has 0 N–H and O–H groups in total. The number of likely N-dealkylation sites (N-methyl/N-ethyl adjacent to an activating group) is 1. The van der Waals surface area contributed by atoms with Gasteiger partial charge in [0.05, 0.1) is 34.4 Å². The minimum absolute atomic E-state index is 0.0236. The van der Waals surface area contributed by atoms with Crippen molar-refractivity contribution >= 4 is 13.8 Å². The van der Waals surface area contributed by atoms with Crippen LogP contribution in [-0.4, -0.2) is 70.7 Å². The number of phosphoric ester groups is 1. The van der Waals surface area contributed by atoms with Crippen LogP contribution in [0.2, 0.25) is 0 Å². The Balaban J connectivity index is 4.21. The van der Waals surface area contributed by atoms with E-state index in [1.165, 1.54) is 19.8 Å². The van der Waals surface area contributed by atoms with Gasteiger partial charge in [-0.15, -0.1) is 0 Å². The highest BCUT2D eigenvalue weighted by molar-refractivity contribution is 7.45. The van der Waals surface area contributed by atoms with Crippen LogP contribution in [-0.2, 0) is 27.9 Å². The topological polar surface area (TPSA) is 94.1 Å². The molecule has 0 heterocycles. The van der Waals surface area contributed by atoms with E-state index in [4.69, 9.17) is 24.0 Å². The molecule has 0 aliphatic heterocycles. The van der Waals surface area contributed by atoms with Gasteiger partial charge < -0.3 is 27.9 Å². The average Bonchev–Trinajstić information content (AvgIpc) is 2.79. The summed E-state index contributed by atoms with van der Waals surface area (Å²) in [6.45, 7) is 3.75. The highest BCUT2D eigenvalue weighted by atomic mass is 31.2. The lowest BCUT2D eigenvalue weighted by Crippen LogP contribution is -2.37. The van der Waals surface area contributed by atoms with E-state index >= 15 is 0 Å². The summed E-state index contributed by atoms with van der Waals surface area (Å²) in [6.07, 6.45) is 4.88. The van der Waals surface area contributed by atoms with Crippen LogP contribution in [0.3, 0.4) is 0 Å². The fourth-order valence-corrected chi connectivity index (χ4v) is 3.87. The molecule has 0 aliphatic rings. The molecule has 0 spiro atoms. The van der Waals surface area contributed by atoms with E-state index < -0.39 is 39.2 Å². The molecule has 0 saturated heterocycles. The number of quaternary nitrogens is 1. The molecule has 0 aliphatic carbocycles. The van der Waals surface area contributed by atoms with E-state index in [0.717, 1.165) is 32.1 Å². The van der Waals surface area contributed by atoms with Crippen molar-refractivity contribution in [1.29, 1.82) is 0 Å². The van der Waals surface area contributed by atoms with Gasteiger partial charge in [-0.3, -0.25) is 9.36 Å². The molecule has 0 bridgehead atoms. The largest absolute Gasteiger partial charge is 0.756 e. The molecule has 0 aromatic rings. The number of rotatable bonds is 25. The van der Waals surface area contributed by atoms with Crippen LogP contribution in [0, 0.1) is 0 Å². The van der Waals surface area contributed by atoms with Gasteiger partial charge in [-0.05, 0) is 6.42 Å². The van der Waals surface area contributed by atoms with Gasteiger partial charge >= 0.3 is 5.97 Å². The van der Waals surface area contributed by atoms with Gasteiger partial charge in [0.15, 0.2) is 0 Å². The maximum atomic E-state index is 12.0. The molecule has 9 heteroatoms. The number of esters is 1. The zero-order chi connectivity index (χ0) is 30.0. The first-order valence-corrected chi connectivity index (χ1v) is 14.6. The molecular weight excluding hydrogens is 469 g/mol. The van der Waals surface area contributed by atoms with Crippen molar-refractivity contribution in [1.82, 2.24) is 0 Å². The van der Waals surface area contributed by atoms with Gasteiger partial charge in [-0.25, -0.2) is 0 Å². The Morgan fingerprint density at radius 3 is 1.94 bits per heavy atom. The Kier molecular flexibility index (Phi) is 17.0. The van der Waals surface area contributed by atoms with Crippen molar-refractivity contribution in [2.75, 3.05) is 54.1 Å². The summed E-state index contributed by atoms with van der Waals surface area (Å²) in [5.41, 5.74) is 0. The molecule has 2 atom stereocenters. The van der Waals surface area contributed by atoms with Crippen LogP contribution in [0.1, 0.15) is 109 Å². The summed E-state index contributed by atoms with van der Waals surface area (Å²) in [7, 11) is 1.18. The fraction of sp³-hybridized carbons (Fsp3) is 0.962. The van der Waals surface area contributed by atoms with E-state index in [1.807, 2.05) is 21.1 Å². The summed E-state index contributed by atoms with van der Waals surface area (Å²) >= 11 is 0. The van der Waals surface area contributed by atoms with Crippen LogP contribution in [0.5, 0.6) is 0 Å². The van der Waals surface area contributed by atoms with E-state index in [-0.39, 0.29) is 26.1 Å². The Morgan fingerprint density at radius 2 is 1.40 bits per heavy atom. The maximum Gasteiger partial charge on any atom is 0.303 e. The number of nitrogens with zero attached hydrogens (tertiary/aromatic N) is 1. The third kappa shape index (κ3) is 26.4. The number of hydrogen-bond acceptors (Lipinski definition) is 7. The average molecular weight is 528 g/mol. The SMILES string of the molecule is [2H]C([2H])(CCCCCCCC)C([2H])([2H])CCCCCCOC[C@H](COP(=O)([O-])OCC[N+](C)(C)C)OC(C)=O. The predicted octanol–water partition coefficient (Wildman–Crippen LogP) is 5.62. The zero-order valence-corrected chi connectivity index (χ0v) is 23.7. The maximum absolute atomic E-state index is 12.0. The van der Waals surface area contributed by atoms with Crippen LogP contribution in [0.15, 0.2) is 0 Å². The van der Waals surface area contributed by atoms with Gasteiger partial charge in [0.25, 0.3) is 7.82 Å². The van der Waals surface area contributed by atoms with E-state index in [2.05, 4.69) is 6.92 Å². The van der Waals surface area contributed by atoms with E-state index in [9.17, 15) is 14.3 Å². The number of phosphoric acid groups is 1.